The van der Waals surface area contributed by atoms with Crippen molar-refractivity contribution >= 4 is 10.9 Å². The van der Waals surface area contributed by atoms with Gasteiger partial charge >= 0.3 is 0 Å². The highest BCUT2D eigenvalue weighted by molar-refractivity contribution is 5.82. The highest BCUT2D eigenvalue weighted by atomic mass is 19.1. The maximum atomic E-state index is 13.7. The maximum Gasteiger partial charge on any atom is 0.284 e. The molecule has 2 aromatic rings. The molecule has 16 heavy (non-hydrogen) atoms. The first kappa shape index (κ1) is 10.9. The molecule has 0 radical (unpaired) electrons. The third-order valence-corrected chi connectivity index (χ3v) is 2.58. The van der Waals surface area contributed by atoms with Crippen LogP contribution in [-0.4, -0.2) is 4.98 Å². The summed E-state index contributed by atoms with van der Waals surface area (Å²) in [6, 6.07) is 7.31. The standard InChI is InChI=1S/C13H14FNO/c1-8(2)7-10-9-5-3-4-6-11(9)15-13(16)12(10)14/h3-6,8H,7H2,1-2H3,(H,15,16). The number of hydrogen-bond donors (Lipinski definition) is 1. The molecule has 0 aliphatic rings. The van der Waals surface area contributed by atoms with Crippen LogP contribution in [-0.2, 0) is 6.42 Å². The molecule has 0 aliphatic carbocycles. The van der Waals surface area contributed by atoms with E-state index in [-0.39, 0.29) is 0 Å². The van der Waals surface area contributed by atoms with E-state index in [1.807, 2.05) is 32.0 Å². The largest absolute Gasteiger partial charge is 0.319 e. The lowest BCUT2D eigenvalue weighted by Gasteiger charge is -2.09. The van der Waals surface area contributed by atoms with Gasteiger partial charge in [-0.1, -0.05) is 32.0 Å². The number of hydrogen-bond acceptors (Lipinski definition) is 1. The molecule has 0 unspecified atom stereocenters. The summed E-state index contributed by atoms with van der Waals surface area (Å²) in [6.45, 7) is 4.02. The Morgan fingerprint density at radius 2 is 2.00 bits per heavy atom. The quantitative estimate of drug-likeness (QED) is 0.827. The van der Waals surface area contributed by atoms with Gasteiger partial charge in [-0.3, -0.25) is 4.79 Å². The first-order chi connectivity index (χ1) is 7.59. The Bertz CT molecular complexity index is 572. The van der Waals surface area contributed by atoms with Gasteiger partial charge in [0.2, 0.25) is 0 Å². The van der Waals surface area contributed by atoms with Gasteiger partial charge in [0.05, 0.1) is 0 Å². The second-order valence-electron chi connectivity index (χ2n) is 4.39. The molecule has 0 saturated carbocycles. The molecule has 0 fully saturated rings. The zero-order valence-corrected chi connectivity index (χ0v) is 9.38. The molecule has 84 valence electrons. The van der Waals surface area contributed by atoms with Crippen LogP contribution in [0.25, 0.3) is 10.9 Å². The first-order valence-electron chi connectivity index (χ1n) is 5.39. The van der Waals surface area contributed by atoms with Crippen LogP contribution < -0.4 is 5.56 Å². The fourth-order valence-corrected chi connectivity index (χ4v) is 1.90. The second-order valence-corrected chi connectivity index (χ2v) is 4.39. The van der Waals surface area contributed by atoms with Crippen molar-refractivity contribution < 1.29 is 4.39 Å². The first-order valence-corrected chi connectivity index (χ1v) is 5.39. The third kappa shape index (κ3) is 1.85. The number of para-hydroxylation sites is 1. The lowest BCUT2D eigenvalue weighted by molar-refractivity contribution is 0.566. The molecule has 0 saturated heterocycles. The second kappa shape index (κ2) is 4.08. The normalized spacial score (nSPS) is 11.2. The van der Waals surface area contributed by atoms with Gasteiger partial charge in [0.1, 0.15) is 0 Å². The van der Waals surface area contributed by atoms with E-state index < -0.39 is 11.4 Å². The number of aromatic amines is 1. The number of benzene rings is 1. The Hall–Kier alpha value is -1.64. The van der Waals surface area contributed by atoms with E-state index in [9.17, 15) is 9.18 Å². The Morgan fingerprint density at radius 1 is 1.31 bits per heavy atom. The molecule has 2 rings (SSSR count). The Labute approximate surface area is 93.1 Å². The van der Waals surface area contributed by atoms with Crippen molar-refractivity contribution in [3.8, 4) is 0 Å². The average molecular weight is 219 g/mol. The zero-order chi connectivity index (χ0) is 11.7. The Kier molecular flexibility index (Phi) is 2.77. The van der Waals surface area contributed by atoms with Gasteiger partial charge < -0.3 is 4.98 Å². The van der Waals surface area contributed by atoms with Crippen LogP contribution in [0.2, 0.25) is 0 Å². The zero-order valence-electron chi connectivity index (χ0n) is 9.38. The van der Waals surface area contributed by atoms with Crippen molar-refractivity contribution in [3.63, 3.8) is 0 Å². The molecule has 1 heterocycles. The number of halogens is 1. The van der Waals surface area contributed by atoms with Crippen molar-refractivity contribution in [3.05, 3.63) is 46.0 Å². The van der Waals surface area contributed by atoms with Crippen LogP contribution in [0.5, 0.6) is 0 Å². The average Bonchev–Trinajstić information content (AvgIpc) is 2.24. The van der Waals surface area contributed by atoms with Gasteiger partial charge in [-0.2, -0.15) is 0 Å². The lowest BCUT2D eigenvalue weighted by Crippen LogP contribution is -2.15. The Morgan fingerprint density at radius 3 is 2.69 bits per heavy atom. The number of H-pyrrole nitrogens is 1. The van der Waals surface area contributed by atoms with Crippen LogP contribution in [0.1, 0.15) is 19.4 Å². The van der Waals surface area contributed by atoms with Crippen LogP contribution in [0.3, 0.4) is 0 Å². The molecule has 1 aromatic heterocycles. The van der Waals surface area contributed by atoms with E-state index in [4.69, 9.17) is 0 Å². The van der Waals surface area contributed by atoms with Gasteiger partial charge in [0, 0.05) is 16.5 Å². The van der Waals surface area contributed by atoms with Crippen molar-refractivity contribution in [1.29, 1.82) is 0 Å². The minimum Gasteiger partial charge on any atom is -0.319 e. The molecule has 0 amide bonds. The highest BCUT2D eigenvalue weighted by Crippen LogP contribution is 2.20. The minimum atomic E-state index is -0.646. The van der Waals surface area contributed by atoms with Crippen LogP contribution in [0.15, 0.2) is 29.1 Å². The van der Waals surface area contributed by atoms with E-state index in [1.54, 1.807) is 6.07 Å². The van der Waals surface area contributed by atoms with Crippen molar-refractivity contribution in [1.82, 2.24) is 4.98 Å². The minimum absolute atomic E-state index is 0.319. The molecule has 0 bridgehead atoms. The number of aromatic nitrogens is 1. The molecule has 0 spiro atoms. The van der Waals surface area contributed by atoms with E-state index >= 15 is 0 Å². The number of nitrogens with one attached hydrogen (secondary N) is 1. The fourth-order valence-electron chi connectivity index (χ4n) is 1.90. The fraction of sp³-hybridized carbons (Fsp3) is 0.308. The van der Waals surface area contributed by atoms with Gasteiger partial charge in [-0.25, -0.2) is 4.39 Å². The van der Waals surface area contributed by atoms with Crippen LogP contribution in [0, 0.1) is 11.7 Å². The molecule has 1 aromatic carbocycles. The summed E-state index contributed by atoms with van der Waals surface area (Å²) in [4.78, 5) is 13.9. The smallest absolute Gasteiger partial charge is 0.284 e. The molecule has 1 N–H and O–H groups in total. The molecular weight excluding hydrogens is 205 g/mol. The van der Waals surface area contributed by atoms with Gasteiger partial charge in [0.25, 0.3) is 5.56 Å². The number of fused-ring (bicyclic) bond motifs is 1. The monoisotopic (exact) mass is 219 g/mol. The SMILES string of the molecule is CC(C)Cc1c(F)c(=O)[nH]c2ccccc12. The van der Waals surface area contributed by atoms with Crippen molar-refractivity contribution in [2.45, 2.75) is 20.3 Å². The number of rotatable bonds is 2. The summed E-state index contributed by atoms with van der Waals surface area (Å²) in [5.74, 6) is -0.327. The van der Waals surface area contributed by atoms with E-state index in [2.05, 4.69) is 4.98 Å². The van der Waals surface area contributed by atoms with Crippen LogP contribution >= 0.6 is 0 Å². The predicted molar refractivity (Wildman–Crippen MR) is 63.1 cm³/mol. The van der Waals surface area contributed by atoms with E-state index in [0.29, 0.717) is 23.4 Å². The summed E-state index contributed by atoms with van der Waals surface area (Å²) < 4.78 is 13.7. The molecule has 0 atom stereocenters. The molecular formula is C13H14FNO. The summed E-state index contributed by atoms with van der Waals surface area (Å²) in [5, 5.41) is 0.799. The van der Waals surface area contributed by atoms with E-state index in [0.717, 1.165) is 5.39 Å². The van der Waals surface area contributed by atoms with Gasteiger partial charge in [0.15, 0.2) is 5.82 Å². The topological polar surface area (TPSA) is 32.9 Å². The molecule has 3 heteroatoms. The Balaban J connectivity index is 2.76. The molecule has 0 aliphatic heterocycles. The van der Waals surface area contributed by atoms with Gasteiger partial charge in [-0.05, 0) is 18.4 Å². The van der Waals surface area contributed by atoms with Gasteiger partial charge in [-0.15, -0.1) is 0 Å². The summed E-state index contributed by atoms with van der Waals surface area (Å²) in [5.41, 5.74) is 0.591. The molecule has 2 nitrogen and oxygen atoms in total. The summed E-state index contributed by atoms with van der Waals surface area (Å²) >= 11 is 0. The summed E-state index contributed by atoms with van der Waals surface area (Å²) in [6.07, 6.45) is 0.580. The third-order valence-electron chi connectivity index (χ3n) is 2.58. The predicted octanol–water partition coefficient (Wildman–Crippen LogP) is 2.87. The number of pyridine rings is 1. The van der Waals surface area contributed by atoms with E-state index in [1.165, 1.54) is 0 Å². The van der Waals surface area contributed by atoms with Crippen molar-refractivity contribution in [2.24, 2.45) is 5.92 Å². The lowest BCUT2D eigenvalue weighted by atomic mass is 9.99. The maximum absolute atomic E-state index is 13.7. The summed E-state index contributed by atoms with van der Waals surface area (Å²) in [7, 11) is 0. The van der Waals surface area contributed by atoms with Crippen molar-refractivity contribution in [2.75, 3.05) is 0 Å². The van der Waals surface area contributed by atoms with Crippen LogP contribution in [0.4, 0.5) is 4.39 Å². The highest BCUT2D eigenvalue weighted by Gasteiger charge is 2.12.